The van der Waals surface area contributed by atoms with Gasteiger partial charge in [-0.1, -0.05) is 0 Å². The molecular formula is C18H23N3O3. The van der Waals surface area contributed by atoms with E-state index in [1.807, 2.05) is 33.8 Å². The summed E-state index contributed by atoms with van der Waals surface area (Å²) in [5.41, 5.74) is 0.0253. The van der Waals surface area contributed by atoms with Crippen molar-refractivity contribution in [3.05, 3.63) is 29.6 Å². The predicted molar refractivity (Wildman–Crippen MR) is 88.1 cm³/mol. The molecule has 1 aromatic heterocycles. The Kier molecular flexibility index (Phi) is 5.23. The molecule has 2 rings (SSSR count). The SMILES string of the molecule is C[C@@H]1CCC[C@H](C(=O)OC(C)(C)C)N1C(=O)c1ccc(C#N)cn1. The molecule has 6 nitrogen and oxygen atoms in total. The molecule has 0 N–H and O–H groups in total. The minimum atomic E-state index is -0.599. The molecule has 24 heavy (non-hydrogen) atoms. The number of amides is 1. The topological polar surface area (TPSA) is 83.3 Å². The van der Waals surface area contributed by atoms with Gasteiger partial charge in [0.2, 0.25) is 0 Å². The van der Waals surface area contributed by atoms with Crippen molar-refractivity contribution in [1.29, 1.82) is 5.26 Å². The first-order valence-corrected chi connectivity index (χ1v) is 8.14. The molecule has 0 unspecified atom stereocenters. The van der Waals surface area contributed by atoms with E-state index < -0.39 is 11.6 Å². The van der Waals surface area contributed by atoms with Crippen LogP contribution >= 0.6 is 0 Å². The lowest BCUT2D eigenvalue weighted by molar-refractivity contribution is -0.162. The van der Waals surface area contributed by atoms with Gasteiger partial charge in [0, 0.05) is 12.2 Å². The molecule has 6 heteroatoms. The van der Waals surface area contributed by atoms with E-state index in [-0.39, 0.29) is 23.6 Å². The average Bonchev–Trinajstić information content (AvgIpc) is 2.52. The maximum Gasteiger partial charge on any atom is 0.329 e. The Labute approximate surface area is 142 Å². The number of likely N-dealkylation sites (tertiary alicyclic amines) is 1. The monoisotopic (exact) mass is 329 g/mol. The molecule has 0 spiro atoms. The summed E-state index contributed by atoms with van der Waals surface area (Å²) >= 11 is 0. The van der Waals surface area contributed by atoms with Crippen LogP contribution in [-0.4, -0.2) is 39.4 Å². The number of carbonyl (C=O) groups excluding carboxylic acids is 2. The smallest absolute Gasteiger partial charge is 0.329 e. The van der Waals surface area contributed by atoms with Crippen LogP contribution in [0.25, 0.3) is 0 Å². The zero-order valence-corrected chi connectivity index (χ0v) is 14.6. The van der Waals surface area contributed by atoms with Gasteiger partial charge in [-0.25, -0.2) is 9.78 Å². The summed E-state index contributed by atoms with van der Waals surface area (Å²) in [7, 11) is 0. The lowest BCUT2D eigenvalue weighted by Crippen LogP contribution is -2.53. The van der Waals surface area contributed by atoms with Crippen LogP contribution in [0.2, 0.25) is 0 Å². The Balaban J connectivity index is 2.26. The van der Waals surface area contributed by atoms with E-state index in [1.165, 1.54) is 12.3 Å². The second kappa shape index (κ2) is 7.00. The molecule has 2 atom stereocenters. The van der Waals surface area contributed by atoms with E-state index in [2.05, 4.69) is 4.98 Å². The highest BCUT2D eigenvalue weighted by atomic mass is 16.6. The first-order valence-electron chi connectivity index (χ1n) is 8.14. The lowest BCUT2D eigenvalue weighted by atomic mass is 9.95. The Bertz CT molecular complexity index is 656. The summed E-state index contributed by atoms with van der Waals surface area (Å²) in [6.07, 6.45) is 3.66. The van der Waals surface area contributed by atoms with Crippen LogP contribution in [0.4, 0.5) is 0 Å². The highest BCUT2D eigenvalue weighted by Crippen LogP contribution is 2.26. The lowest BCUT2D eigenvalue weighted by Gasteiger charge is -2.40. The van der Waals surface area contributed by atoms with Gasteiger partial charge >= 0.3 is 5.97 Å². The van der Waals surface area contributed by atoms with Crippen molar-refractivity contribution >= 4 is 11.9 Å². The second-order valence-corrected chi connectivity index (χ2v) is 7.09. The average molecular weight is 329 g/mol. The summed E-state index contributed by atoms with van der Waals surface area (Å²) in [6, 6.07) is 4.38. The number of ether oxygens (including phenoxy) is 1. The number of carbonyl (C=O) groups is 2. The van der Waals surface area contributed by atoms with Crippen molar-refractivity contribution < 1.29 is 14.3 Å². The van der Waals surface area contributed by atoms with Crippen molar-refractivity contribution in [2.45, 2.75) is 64.6 Å². The number of esters is 1. The molecule has 1 saturated heterocycles. The van der Waals surface area contributed by atoms with Gasteiger partial charge in [-0.05, 0) is 59.1 Å². The van der Waals surface area contributed by atoms with Crippen LogP contribution in [0.3, 0.4) is 0 Å². The quantitative estimate of drug-likeness (QED) is 0.779. The van der Waals surface area contributed by atoms with E-state index in [1.54, 1.807) is 11.0 Å². The number of nitriles is 1. The molecule has 1 aromatic rings. The van der Waals surface area contributed by atoms with Crippen molar-refractivity contribution in [1.82, 2.24) is 9.88 Å². The molecule has 0 saturated carbocycles. The summed E-state index contributed by atoms with van der Waals surface area (Å²) in [5.74, 6) is -0.682. The van der Waals surface area contributed by atoms with Crippen LogP contribution in [0.15, 0.2) is 18.3 Å². The highest BCUT2D eigenvalue weighted by molar-refractivity contribution is 5.95. The van der Waals surface area contributed by atoms with Crippen molar-refractivity contribution in [3.8, 4) is 6.07 Å². The largest absolute Gasteiger partial charge is 0.458 e. The Hall–Kier alpha value is -2.42. The first kappa shape index (κ1) is 17.9. The van der Waals surface area contributed by atoms with Crippen LogP contribution in [0.1, 0.15) is 63.0 Å². The number of aromatic nitrogens is 1. The third-order valence-corrected chi connectivity index (χ3v) is 3.94. The second-order valence-electron chi connectivity index (χ2n) is 7.09. The Morgan fingerprint density at radius 3 is 2.58 bits per heavy atom. The van der Waals surface area contributed by atoms with Gasteiger partial charge in [0.15, 0.2) is 0 Å². The maximum atomic E-state index is 12.9. The number of hydrogen-bond acceptors (Lipinski definition) is 5. The normalized spacial score (nSPS) is 21.0. The summed E-state index contributed by atoms with van der Waals surface area (Å²) < 4.78 is 5.48. The van der Waals surface area contributed by atoms with Gasteiger partial charge in [-0.2, -0.15) is 5.26 Å². The first-order chi connectivity index (χ1) is 11.2. The third kappa shape index (κ3) is 4.10. The molecule has 2 heterocycles. The maximum absolute atomic E-state index is 12.9. The van der Waals surface area contributed by atoms with Gasteiger partial charge in [-0.15, -0.1) is 0 Å². The molecule has 0 radical (unpaired) electrons. The minimum absolute atomic E-state index is 0.0683. The number of hydrogen-bond donors (Lipinski definition) is 0. The van der Waals surface area contributed by atoms with E-state index in [4.69, 9.17) is 10.00 Å². The van der Waals surface area contributed by atoms with Crippen LogP contribution in [0.5, 0.6) is 0 Å². The standard InChI is InChI=1S/C18H23N3O3/c1-12-6-5-7-15(17(23)24-18(2,3)4)21(12)16(22)14-9-8-13(10-19)11-20-14/h8-9,11-12,15H,5-7H2,1-4H3/t12-,15-/m1/s1. The van der Waals surface area contributed by atoms with Crippen molar-refractivity contribution in [2.75, 3.05) is 0 Å². The van der Waals surface area contributed by atoms with Gasteiger partial charge in [0.1, 0.15) is 23.4 Å². The van der Waals surface area contributed by atoms with Gasteiger partial charge < -0.3 is 9.64 Å². The minimum Gasteiger partial charge on any atom is -0.458 e. The van der Waals surface area contributed by atoms with E-state index in [0.717, 1.165) is 12.8 Å². The molecule has 1 fully saturated rings. The zero-order chi connectivity index (χ0) is 17.9. The molecule has 1 aliphatic rings. The van der Waals surface area contributed by atoms with Crippen molar-refractivity contribution in [2.24, 2.45) is 0 Å². The number of piperidine rings is 1. The fourth-order valence-electron chi connectivity index (χ4n) is 2.85. The summed E-state index contributed by atoms with van der Waals surface area (Å²) in [6.45, 7) is 7.36. The number of rotatable bonds is 2. The van der Waals surface area contributed by atoms with Gasteiger partial charge in [0.05, 0.1) is 5.56 Å². The molecule has 0 aliphatic carbocycles. The highest BCUT2D eigenvalue weighted by Gasteiger charge is 2.39. The number of pyridine rings is 1. The summed E-state index contributed by atoms with van der Waals surface area (Å²) in [5, 5.41) is 8.83. The molecule has 0 bridgehead atoms. The third-order valence-electron chi connectivity index (χ3n) is 3.94. The van der Waals surface area contributed by atoms with Crippen LogP contribution in [-0.2, 0) is 9.53 Å². The van der Waals surface area contributed by atoms with E-state index in [9.17, 15) is 9.59 Å². The molecule has 128 valence electrons. The molecule has 1 aliphatic heterocycles. The Morgan fingerprint density at radius 2 is 2.04 bits per heavy atom. The van der Waals surface area contributed by atoms with Gasteiger partial charge in [-0.3, -0.25) is 4.79 Å². The molecular weight excluding hydrogens is 306 g/mol. The number of nitrogens with zero attached hydrogens (tertiary/aromatic N) is 3. The van der Waals surface area contributed by atoms with Crippen LogP contribution < -0.4 is 0 Å². The zero-order valence-electron chi connectivity index (χ0n) is 14.6. The summed E-state index contributed by atoms with van der Waals surface area (Å²) in [4.78, 5) is 31.0. The molecule has 1 amide bonds. The predicted octanol–water partition coefficient (Wildman–Crippen LogP) is 2.68. The van der Waals surface area contributed by atoms with E-state index >= 15 is 0 Å². The fraction of sp³-hybridized carbons (Fsp3) is 0.556. The van der Waals surface area contributed by atoms with Crippen LogP contribution in [0, 0.1) is 11.3 Å². The Morgan fingerprint density at radius 1 is 1.33 bits per heavy atom. The fourth-order valence-corrected chi connectivity index (χ4v) is 2.85. The van der Waals surface area contributed by atoms with Crippen molar-refractivity contribution in [3.63, 3.8) is 0 Å². The van der Waals surface area contributed by atoms with Gasteiger partial charge in [0.25, 0.3) is 5.91 Å². The molecule has 0 aromatic carbocycles. The van der Waals surface area contributed by atoms with E-state index in [0.29, 0.717) is 12.0 Å².